The Hall–Kier alpha value is -0.440. The van der Waals surface area contributed by atoms with Gasteiger partial charge in [0.25, 0.3) is 0 Å². The van der Waals surface area contributed by atoms with Gasteiger partial charge in [0.15, 0.2) is 0 Å². The van der Waals surface area contributed by atoms with Gasteiger partial charge in [0.2, 0.25) is 0 Å². The summed E-state index contributed by atoms with van der Waals surface area (Å²) in [4.78, 5) is 10.7. The van der Waals surface area contributed by atoms with Gasteiger partial charge in [0.1, 0.15) is 5.44 Å². The molecule has 0 aliphatic carbocycles. The Morgan fingerprint density at radius 1 is 1.55 bits per heavy atom. The Morgan fingerprint density at radius 2 is 2.09 bits per heavy atom. The molecular weight excluding hydrogens is 160 g/mol. The molecular formula is C8H14O2S. The van der Waals surface area contributed by atoms with Gasteiger partial charge in [-0.3, -0.25) is 0 Å². The second-order valence-electron chi connectivity index (χ2n) is 2.39. The highest BCUT2D eigenvalue weighted by Crippen LogP contribution is 2.17. The molecule has 11 heavy (non-hydrogen) atoms. The number of rotatable bonds is 4. The van der Waals surface area contributed by atoms with Crippen molar-refractivity contribution in [3.63, 3.8) is 0 Å². The van der Waals surface area contributed by atoms with Crippen LogP contribution < -0.4 is 0 Å². The third kappa shape index (κ3) is 5.98. The molecule has 0 aliphatic rings. The van der Waals surface area contributed by atoms with Crippen LogP contribution in [0.15, 0.2) is 12.7 Å². The van der Waals surface area contributed by atoms with Gasteiger partial charge in [-0.2, -0.15) is 0 Å². The molecule has 0 aliphatic heterocycles. The van der Waals surface area contributed by atoms with E-state index in [1.165, 1.54) is 6.08 Å². The molecule has 64 valence electrons. The average molecular weight is 174 g/mol. The van der Waals surface area contributed by atoms with E-state index in [9.17, 15) is 4.79 Å². The molecule has 0 N–H and O–H groups in total. The summed E-state index contributed by atoms with van der Waals surface area (Å²) in [5.74, 6) is -0.356. The lowest BCUT2D eigenvalue weighted by Crippen LogP contribution is -2.11. The van der Waals surface area contributed by atoms with Crippen LogP contribution in [0.4, 0.5) is 0 Å². The third-order valence-electron chi connectivity index (χ3n) is 0.913. The lowest BCUT2D eigenvalue weighted by atomic mass is 10.6. The number of hydrogen-bond acceptors (Lipinski definition) is 3. The first-order valence-corrected chi connectivity index (χ1v) is 4.49. The van der Waals surface area contributed by atoms with Crippen LogP contribution in [-0.4, -0.2) is 16.7 Å². The highest BCUT2D eigenvalue weighted by Gasteiger charge is 2.07. The van der Waals surface area contributed by atoms with Crippen molar-refractivity contribution in [2.45, 2.75) is 31.5 Å². The molecule has 0 radical (unpaired) electrons. The molecule has 1 unspecified atom stereocenters. The largest absolute Gasteiger partial charge is 0.448 e. The van der Waals surface area contributed by atoms with Crippen LogP contribution in [0.5, 0.6) is 0 Å². The Morgan fingerprint density at radius 3 is 2.45 bits per heavy atom. The van der Waals surface area contributed by atoms with Gasteiger partial charge in [-0.25, -0.2) is 4.79 Å². The van der Waals surface area contributed by atoms with E-state index >= 15 is 0 Å². The topological polar surface area (TPSA) is 26.3 Å². The van der Waals surface area contributed by atoms with Gasteiger partial charge in [-0.1, -0.05) is 20.4 Å². The summed E-state index contributed by atoms with van der Waals surface area (Å²) < 4.78 is 4.92. The third-order valence-corrected chi connectivity index (χ3v) is 1.94. The summed E-state index contributed by atoms with van der Waals surface area (Å²) in [5.41, 5.74) is -0.0829. The number of thioether (sulfide) groups is 1. The van der Waals surface area contributed by atoms with Gasteiger partial charge in [0.05, 0.1) is 0 Å². The van der Waals surface area contributed by atoms with E-state index in [0.29, 0.717) is 5.25 Å². The van der Waals surface area contributed by atoms with E-state index in [0.717, 1.165) is 0 Å². The highest BCUT2D eigenvalue weighted by atomic mass is 32.2. The lowest BCUT2D eigenvalue weighted by Gasteiger charge is -2.12. The number of carbonyl (C=O) groups is 1. The predicted molar refractivity (Wildman–Crippen MR) is 48.5 cm³/mol. The Kier molecular flexibility index (Phi) is 5.03. The molecule has 0 saturated heterocycles. The standard InChI is InChI=1S/C8H14O2S/c1-5-8(9)10-7(4)11-6(2)3/h5-7H,1H2,2-4H3. The number of hydrogen-bond donors (Lipinski definition) is 0. The monoisotopic (exact) mass is 174 g/mol. The van der Waals surface area contributed by atoms with Crippen molar-refractivity contribution in [2.75, 3.05) is 0 Å². The molecule has 0 aromatic carbocycles. The van der Waals surface area contributed by atoms with Crippen LogP contribution in [0.3, 0.4) is 0 Å². The molecule has 0 heterocycles. The summed E-state index contributed by atoms with van der Waals surface area (Å²) in [5, 5.41) is 0.475. The molecule has 1 atom stereocenters. The Bertz CT molecular complexity index is 143. The van der Waals surface area contributed by atoms with Crippen molar-refractivity contribution in [1.29, 1.82) is 0 Å². The minimum Gasteiger partial charge on any atom is -0.448 e. The average Bonchev–Trinajstić information content (AvgIpc) is 1.85. The van der Waals surface area contributed by atoms with Crippen molar-refractivity contribution in [2.24, 2.45) is 0 Å². The van der Waals surface area contributed by atoms with Crippen molar-refractivity contribution in [3.05, 3.63) is 12.7 Å². The van der Waals surface area contributed by atoms with E-state index in [4.69, 9.17) is 4.74 Å². The maximum atomic E-state index is 10.7. The fraction of sp³-hybridized carbons (Fsp3) is 0.625. The Labute approximate surface area is 72.0 Å². The van der Waals surface area contributed by atoms with Gasteiger partial charge in [0, 0.05) is 11.3 Å². The smallest absolute Gasteiger partial charge is 0.331 e. The van der Waals surface area contributed by atoms with Crippen molar-refractivity contribution < 1.29 is 9.53 Å². The lowest BCUT2D eigenvalue weighted by molar-refractivity contribution is -0.138. The molecule has 0 aromatic heterocycles. The summed E-state index contributed by atoms with van der Waals surface area (Å²) >= 11 is 1.61. The first kappa shape index (κ1) is 10.6. The number of esters is 1. The quantitative estimate of drug-likeness (QED) is 0.371. The van der Waals surface area contributed by atoms with Gasteiger partial charge in [-0.05, 0) is 6.92 Å². The second kappa shape index (κ2) is 5.24. The molecule has 0 rings (SSSR count). The molecule has 0 fully saturated rings. The highest BCUT2D eigenvalue weighted by molar-refractivity contribution is 8.00. The van der Waals surface area contributed by atoms with Crippen LogP contribution in [0.1, 0.15) is 20.8 Å². The van der Waals surface area contributed by atoms with Gasteiger partial charge < -0.3 is 4.74 Å². The fourth-order valence-corrected chi connectivity index (χ4v) is 1.54. The minimum absolute atomic E-state index is 0.0829. The molecule has 0 aromatic rings. The van der Waals surface area contributed by atoms with E-state index in [2.05, 4.69) is 20.4 Å². The van der Waals surface area contributed by atoms with Crippen LogP contribution in [0, 0.1) is 0 Å². The van der Waals surface area contributed by atoms with Gasteiger partial charge >= 0.3 is 5.97 Å². The minimum atomic E-state index is -0.356. The first-order valence-electron chi connectivity index (χ1n) is 3.54. The van der Waals surface area contributed by atoms with Crippen LogP contribution in [-0.2, 0) is 9.53 Å². The normalized spacial score (nSPS) is 12.7. The molecule has 0 saturated carbocycles. The second-order valence-corrected chi connectivity index (χ2v) is 4.27. The fourth-order valence-electron chi connectivity index (χ4n) is 0.623. The SMILES string of the molecule is C=CC(=O)OC(C)SC(C)C. The molecule has 0 spiro atoms. The van der Waals surface area contributed by atoms with Crippen LogP contribution in [0.25, 0.3) is 0 Å². The van der Waals surface area contributed by atoms with E-state index in [-0.39, 0.29) is 11.4 Å². The maximum absolute atomic E-state index is 10.7. The predicted octanol–water partition coefficient (Wildman–Crippen LogP) is 2.20. The zero-order valence-corrected chi connectivity index (χ0v) is 7.98. The molecule has 3 heteroatoms. The summed E-state index contributed by atoms with van der Waals surface area (Å²) in [6.45, 7) is 9.28. The number of carbonyl (C=O) groups excluding carboxylic acids is 1. The zero-order valence-electron chi connectivity index (χ0n) is 7.16. The van der Waals surface area contributed by atoms with E-state index < -0.39 is 0 Å². The first-order chi connectivity index (χ1) is 5.06. The summed E-state index contributed by atoms with van der Waals surface area (Å²) in [6, 6.07) is 0. The van der Waals surface area contributed by atoms with Crippen LogP contribution in [0.2, 0.25) is 0 Å². The van der Waals surface area contributed by atoms with Crippen molar-refractivity contribution in [3.8, 4) is 0 Å². The van der Waals surface area contributed by atoms with Crippen molar-refractivity contribution in [1.82, 2.24) is 0 Å². The van der Waals surface area contributed by atoms with Gasteiger partial charge in [-0.15, -0.1) is 11.8 Å². The van der Waals surface area contributed by atoms with E-state index in [1.54, 1.807) is 11.8 Å². The maximum Gasteiger partial charge on any atom is 0.331 e. The van der Waals surface area contributed by atoms with Crippen LogP contribution >= 0.6 is 11.8 Å². The van der Waals surface area contributed by atoms with Crippen molar-refractivity contribution >= 4 is 17.7 Å². The molecule has 0 bridgehead atoms. The Balaban J connectivity index is 3.59. The molecule has 0 amide bonds. The van der Waals surface area contributed by atoms with E-state index in [1.807, 2.05) is 6.92 Å². The zero-order chi connectivity index (χ0) is 8.85. The molecule has 2 nitrogen and oxygen atoms in total. The summed E-state index contributed by atoms with van der Waals surface area (Å²) in [6.07, 6.45) is 1.18. The number of ether oxygens (including phenoxy) is 1. The summed E-state index contributed by atoms with van der Waals surface area (Å²) in [7, 11) is 0.